The third-order valence-corrected chi connectivity index (χ3v) is 6.85. The van der Waals surface area contributed by atoms with Gasteiger partial charge in [0.1, 0.15) is 0 Å². The standard InChI is InChI=1S/C22H23ClN4O2S.ClH/c1-15(12-24-9-7-18-14-26-22-5-3-19(23)11-21(18)22)27-30(28,29)20-4-2-17-13-25-8-6-16(17)10-20;/h2-6,8,10-11,13-15,24,26-27H,7,9,12H2,1H3;1H. The van der Waals surface area contributed by atoms with Gasteiger partial charge in [-0.15, -0.1) is 12.4 Å². The molecule has 0 amide bonds. The molecule has 31 heavy (non-hydrogen) atoms. The van der Waals surface area contributed by atoms with Crippen molar-refractivity contribution < 1.29 is 8.42 Å². The summed E-state index contributed by atoms with van der Waals surface area (Å²) in [5, 5.41) is 6.90. The third-order valence-electron chi connectivity index (χ3n) is 5.03. The molecule has 0 spiro atoms. The number of H-pyrrole nitrogens is 1. The van der Waals surface area contributed by atoms with Crippen molar-refractivity contribution >= 4 is 55.7 Å². The van der Waals surface area contributed by atoms with E-state index in [1.54, 1.807) is 36.7 Å². The van der Waals surface area contributed by atoms with E-state index in [1.807, 2.05) is 31.3 Å². The van der Waals surface area contributed by atoms with Gasteiger partial charge in [-0.05, 0) is 67.2 Å². The summed E-state index contributed by atoms with van der Waals surface area (Å²) in [7, 11) is -3.59. The van der Waals surface area contributed by atoms with Crippen molar-refractivity contribution in [2.75, 3.05) is 13.1 Å². The molecule has 0 aliphatic heterocycles. The number of pyridine rings is 1. The Balaban J connectivity index is 0.00000272. The molecule has 0 bridgehead atoms. The molecule has 0 aliphatic carbocycles. The van der Waals surface area contributed by atoms with E-state index < -0.39 is 10.0 Å². The number of nitrogens with zero attached hydrogens (tertiary/aromatic N) is 1. The first-order valence-electron chi connectivity index (χ1n) is 9.75. The monoisotopic (exact) mass is 478 g/mol. The first kappa shape index (κ1) is 23.5. The maximum absolute atomic E-state index is 12.7. The maximum Gasteiger partial charge on any atom is 0.240 e. The molecule has 1 atom stereocenters. The van der Waals surface area contributed by atoms with Crippen LogP contribution >= 0.6 is 24.0 Å². The Morgan fingerprint density at radius 3 is 2.81 bits per heavy atom. The van der Waals surface area contributed by atoms with Crippen LogP contribution in [0.25, 0.3) is 21.7 Å². The van der Waals surface area contributed by atoms with Crippen molar-refractivity contribution in [3.63, 3.8) is 0 Å². The Kier molecular flexibility index (Phi) is 7.56. The van der Waals surface area contributed by atoms with Gasteiger partial charge in [0.25, 0.3) is 0 Å². The van der Waals surface area contributed by atoms with Gasteiger partial charge in [0.2, 0.25) is 10.0 Å². The molecule has 0 saturated carbocycles. The highest BCUT2D eigenvalue weighted by molar-refractivity contribution is 7.89. The van der Waals surface area contributed by atoms with Gasteiger partial charge in [-0.25, -0.2) is 13.1 Å². The highest BCUT2D eigenvalue weighted by Crippen LogP contribution is 2.22. The first-order chi connectivity index (χ1) is 14.4. The van der Waals surface area contributed by atoms with Gasteiger partial charge in [0.05, 0.1) is 4.90 Å². The Bertz CT molecular complexity index is 1290. The zero-order valence-corrected chi connectivity index (χ0v) is 19.3. The second kappa shape index (κ2) is 9.97. The average molecular weight is 479 g/mol. The fraction of sp³-hybridized carbons (Fsp3) is 0.227. The Hall–Kier alpha value is -2.16. The lowest BCUT2D eigenvalue weighted by molar-refractivity contribution is 0.537. The van der Waals surface area contributed by atoms with Crippen molar-refractivity contribution in [1.82, 2.24) is 20.0 Å². The van der Waals surface area contributed by atoms with E-state index in [4.69, 9.17) is 11.6 Å². The van der Waals surface area contributed by atoms with E-state index >= 15 is 0 Å². The van der Waals surface area contributed by atoms with Crippen LogP contribution in [0.4, 0.5) is 0 Å². The number of aromatic nitrogens is 2. The van der Waals surface area contributed by atoms with Crippen LogP contribution in [0.15, 0.2) is 66.0 Å². The summed E-state index contributed by atoms with van der Waals surface area (Å²) in [4.78, 5) is 7.55. The number of rotatable bonds is 8. The molecule has 4 aromatic rings. The van der Waals surface area contributed by atoms with E-state index in [0.29, 0.717) is 11.6 Å². The smallest absolute Gasteiger partial charge is 0.240 e. The summed E-state index contributed by atoms with van der Waals surface area (Å²) >= 11 is 6.10. The lowest BCUT2D eigenvalue weighted by Crippen LogP contribution is -2.40. The zero-order valence-electron chi connectivity index (χ0n) is 16.9. The number of hydrogen-bond donors (Lipinski definition) is 3. The summed E-state index contributed by atoms with van der Waals surface area (Å²) in [6.07, 6.45) is 6.18. The Morgan fingerprint density at radius 1 is 1.13 bits per heavy atom. The van der Waals surface area contributed by atoms with Crippen LogP contribution in [0.3, 0.4) is 0 Å². The van der Waals surface area contributed by atoms with Gasteiger partial charge < -0.3 is 10.3 Å². The van der Waals surface area contributed by atoms with Gasteiger partial charge >= 0.3 is 0 Å². The third kappa shape index (κ3) is 5.56. The fourth-order valence-electron chi connectivity index (χ4n) is 3.50. The molecular formula is C22H24Cl2N4O2S. The van der Waals surface area contributed by atoms with E-state index in [1.165, 1.54) is 5.56 Å². The summed E-state index contributed by atoms with van der Waals surface area (Å²) in [5.74, 6) is 0. The highest BCUT2D eigenvalue weighted by Gasteiger charge is 2.17. The van der Waals surface area contributed by atoms with E-state index in [9.17, 15) is 8.42 Å². The molecule has 0 radical (unpaired) electrons. The molecule has 4 rings (SSSR count). The molecule has 3 N–H and O–H groups in total. The average Bonchev–Trinajstić information content (AvgIpc) is 3.12. The first-order valence-corrected chi connectivity index (χ1v) is 11.6. The number of sulfonamides is 1. The van der Waals surface area contributed by atoms with Crippen molar-refractivity contribution in [2.24, 2.45) is 0 Å². The second-order valence-electron chi connectivity index (χ2n) is 7.36. The normalized spacial score (nSPS) is 12.7. The quantitative estimate of drug-likeness (QED) is 0.329. The maximum atomic E-state index is 12.7. The van der Waals surface area contributed by atoms with Crippen molar-refractivity contribution in [3.8, 4) is 0 Å². The second-order valence-corrected chi connectivity index (χ2v) is 9.52. The Morgan fingerprint density at radius 2 is 1.97 bits per heavy atom. The van der Waals surface area contributed by atoms with Gasteiger partial charge in [0.15, 0.2) is 0 Å². The molecule has 9 heteroatoms. The van der Waals surface area contributed by atoms with Crippen LogP contribution in [0.5, 0.6) is 0 Å². The van der Waals surface area contributed by atoms with Crippen LogP contribution < -0.4 is 10.0 Å². The summed E-state index contributed by atoms with van der Waals surface area (Å²) in [6, 6.07) is 12.4. The van der Waals surface area contributed by atoms with E-state index in [2.05, 4.69) is 20.0 Å². The molecule has 164 valence electrons. The lowest BCUT2D eigenvalue weighted by Gasteiger charge is -2.15. The van der Waals surface area contributed by atoms with E-state index in [0.717, 1.165) is 34.6 Å². The number of halogens is 2. The van der Waals surface area contributed by atoms with Gasteiger partial charge in [-0.2, -0.15) is 0 Å². The lowest BCUT2D eigenvalue weighted by atomic mass is 10.1. The van der Waals surface area contributed by atoms with Gasteiger partial charge in [0, 0.05) is 52.5 Å². The summed E-state index contributed by atoms with van der Waals surface area (Å²) < 4.78 is 28.2. The molecule has 6 nitrogen and oxygen atoms in total. The number of benzene rings is 2. The molecule has 2 aromatic carbocycles. The minimum absolute atomic E-state index is 0. The number of fused-ring (bicyclic) bond motifs is 2. The zero-order chi connectivity index (χ0) is 21.1. The largest absolute Gasteiger partial charge is 0.361 e. The van der Waals surface area contributed by atoms with Crippen LogP contribution in [0, 0.1) is 0 Å². The van der Waals surface area contributed by atoms with Crippen LogP contribution in [-0.4, -0.2) is 37.5 Å². The van der Waals surface area contributed by atoms with Crippen molar-refractivity contribution in [3.05, 3.63) is 71.6 Å². The molecule has 2 aromatic heterocycles. The fourth-order valence-corrected chi connectivity index (χ4v) is 4.95. The predicted molar refractivity (Wildman–Crippen MR) is 129 cm³/mol. The topological polar surface area (TPSA) is 86.9 Å². The number of aromatic amines is 1. The van der Waals surface area contributed by atoms with E-state index in [-0.39, 0.29) is 23.3 Å². The van der Waals surface area contributed by atoms with Crippen LogP contribution in [0.1, 0.15) is 12.5 Å². The molecule has 0 aliphatic rings. The van der Waals surface area contributed by atoms with Crippen LogP contribution in [-0.2, 0) is 16.4 Å². The van der Waals surface area contributed by atoms with Crippen LogP contribution in [0.2, 0.25) is 5.02 Å². The van der Waals surface area contributed by atoms with Gasteiger partial charge in [-0.1, -0.05) is 17.7 Å². The molecular weight excluding hydrogens is 455 g/mol. The number of hydrogen-bond acceptors (Lipinski definition) is 4. The Labute approximate surface area is 192 Å². The van der Waals surface area contributed by atoms with Crippen molar-refractivity contribution in [1.29, 1.82) is 0 Å². The minimum atomic E-state index is -3.59. The molecule has 2 heterocycles. The molecule has 1 unspecified atom stereocenters. The van der Waals surface area contributed by atoms with Gasteiger partial charge in [-0.3, -0.25) is 4.98 Å². The molecule has 0 saturated heterocycles. The summed E-state index contributed by atoms with van der Waals surface area (Å²) in [6.45, 7) is 3.11. The highest BCUT2D eigenvalue weighted by atomic mass is 35.5. The molecule has 0 fully saturated rings. The number of nitrogens with one attached hydrogen (secondary N) is 3. The predicted octanol–water partition coefficient (Wildman–Crippen LogP) is 4.29. The SMILES string of the molecule is CC(CNCCc1c[nH]c2ccc(Cl)cc12)NS(=O)(=O)c1ccc2cnccc2c1.Cl. The minimum Gasteiger partial charge on any atom is -0.361 e. The van der Waals surface area contributed by atoms with Crippen molar-refractivity contribution in [2.45, 2.75) is 24.3 Å². The summed E-state index contributed by atoms with van der Waals surface area (Å²) in [5.41, 5.74) is 2.24.